The molecule has 88 heavy (non-hydrogen) atoms. The number of ether oxygens (including phenoxy) is 4. The van der Waals surface area contributed by atoms with Crippen molar-refractivity contribution in [2.24, 2.45) is 11.8 Å². The second-order valence-electron chi connectivity index (χ2n) is 25.2. The number of phosphoric acid groups is 2. The van der Waals surface area contributed by atoms with Gasteiger partial charge in [-0.05, 0) is 63.2 Å². The molecule has 0 saturated heterocycles. The molecule has 0 aliphatic heterocycles. The zero-order chi connectivity index (χ0) is 65.0. The van der Waals surface area contributed by atoms with Gasteiger partial charge in [0.1, 0.15) is 19.3 Å². The summed E-state index contributed by atoms with van der Waals surface area (Å²) in [6.45, 7) is 9.41. The molecule has 3 N–H and O–H groups in total. The predicted octanol–water partition coefficient (Wildman–Crippen LogP) is 19.2. The van der Waals surface area contributed by atoms with Gasteiger partial charge in [0.05, 0.1) is 26.4 Å². The van der Waals surface area contributed by atoms with Gasteiger partial charge >= 0.3 is 39.5 Å². The lowest BCUT2D eigenvalue weighted by Crippen LogP contribution is -2.30. The van der Waals surface area contributed by atoms with Crippen molar-refractivity contribution in [3.63, 3.8) is 0 Å². The molecule has 0 spiro atoms. The fourth-order valence-electron chi connectivity index (χ4n) is 9.87. The molecule has 0 saturated carbocycles. The number of aliphatic hydroxyl groups is 1. The number of rotatable bonds is 66. The van der Waals surface area contributed by atoms with Crippen molar-refractivity contribution in [3.05, 3.63) is 24.3 Å². The Hall–Kier alpha value is -2.46. The first-order chi connectivity index (χ1) is 42.4. The van der Waals surface area contributed by atoms with E-state index in [1.165, 1.54) is 116 Å². The minimum Gasteiger partial charge on any atom is -0.462 e. The average molecular weight is 1290 g/mol. The fourth-order valence-corrected chi connectivity index (χ4v) is 11.5. The number of unbranched alkanes of at least 4 members (excludes halogenated alkanes) is 33. The van der Waals surface area contributed by atoms with Crippen LogP contribution in [0.15, 0.2) is 24.3 Å². The molecular formula is C69H130O17P2. The Morgan fingerprint density at radius 1 is 0.352 bits per heavy atom. The van der Waals surface area contributed by atoms with E-state index in [-0.39, 0.29) is 25.7 Å². The van der Waals surface area contributed by atoms with Crippen LogP contribution in [-0.2, 0) is 65.4 Å². The van der Waals surface area contributed by atoms with Crippen molar-refractivity contribution < 1.29 is 80.2 Å². The maximum absolute atomic E-state index is 13.0. The van der Waals surface area contributed by atoms with Gasteiger partial charge in [0.25, 0.3) is 0 Å². The van der Waals surface area contributed by atoms with Crippen LogP contribution < -0.4 is 0 Å². The van der Waals surface area contributed by atoms with E-state index in [4.69, 9.17) is 37.0 Å². The summed E-state index contributed by atoms with van der Waals surface area (Å²) >= 11 is 0. The Balaban J connectivity index is 5.26. The van der Waals surface area contributed by atoms with Gasteiger partial charge in [-0.15, -0.1) is 0 Å². The molecule has 0 bridgehead atoms. The molecule has 0 radical (unpaired) electrons. The Morgan fingerprint density at radius 3 is 0.932 bits per heavy atom. The van der Waals surface area contributed by atoms with Crippen LogP contribution in [0, 0.1) is 11.8 Å². The summed E-state index contributed by atoms with van der Waals surface area (Å²) in [6, 6.07) is 0. The lowest BCUT2D eigenvalue weighted by Gasteiger charge is -2.21. The lowest BCUT2D eigenvalue weighted by molar-refractivity contribution is -0.161. The SMILES string of the molecule is CCCCCC/C=C\C=C/CCCCCCCC(=O)O[C@H](COC(=O)CCCCCCCCCCCCC(C)C)COP(=O)(O)OC[C@@H](O)COP(=O)(O)OC[C@@H](COC(=O)CCCCCCCCC)OC(=O)CCCCCCCCCCCCC(C)C. The van der Waals surface area contributed by atoms with E-state index in [2.05, 4.69) is 65.8 Å². The van der Waals surface area contributed by atoms with Gasteiger partial charge in [0.2, 0.25) is 0 Å². The Labute approximate surface area is 535 Å². The second kappa shape index (κ2) is 60.8. The highest BCUT2D eigenvalue weighted by Crippen LogP contribution is 2.45. The molecule has 0 aliphatic rings. The molecule has 0 amide bonds. The van der Waals surface area contributed by atoms with E-state index in [1.54, 1.807) is 0 Å². The summed E-state index contributed by atoms with van der Waals surface area (Å²) in [6.07, 6.45) is 48.1. The summed E-state index contributed by atoms with van der Waals surface area (Å²) < 4.78 is 68.1. The highest BCUT2D eigenvalue weighted by Gasteiger charge is 2.30. The number of hydrogen-bond acceptors (Lipinski definition) is 15. The van der Waals surface area contributed by atoms with Crippen LogP contribution in [0.3, 0.4) is 0 Å². The predicted molar refractivity (Wildman–Crippen MR) is 354 cm³/mol. The van der Waals surface area contributed by atoms with Gasteiger partial charge in [-0.25, -0.2) is 9.13 Å². The van der Waals surface area contributed by atoms with Crippen LogP contribution in [0.25, 0.3) is 0 Å². The van der Waals surface area contributed by atoms with Gasteiger partial charge < -0.3 is 33.8 Å². The van der Waals surface area contributed by atoms with Gasteiger partial charge in [-0.3, -0.25) is 37.3 Å². The summed E-state index contributed by atoms with van der Waals surface area (Å²) in [4.78, 5) is 72.3. The van der Waals surface area contributed by atoms with Gasteiger partial charge in [-0.1, -0.05) is 271 Å². The normalized spacial score (nSPS) is 14.4. The molecule has 518 valence electrons. The highest BCUT2D eigenvalue weighted by molar-refractivity contribution is 7.47. The number of phosphoric ester groups is 2. The van der Waals surface area contributed by atoms with Crippen molar-refractivity contribution in [3.8, 4) is 0 Å². The first-order valence-electron chi connectivity index (χ1n) is 35.3. The molecule has 0 rings (SSSR count). The first-order valence-corrected chi connectivity index (χ1v) is 38.3. The average Bonchev–Trinajstić information content (AvgIpc) is 3.56. The zero-order valence-corrected chi connectivity index (χ0v) is 58.3. The molecule has 0 aromatic rings. The van der Waals surface area contributed by atoms with Crippen LogP contribution in [-0.4, -0.2) is 96.7 Å². The number of carbonyl (C=O) groups excluding carboxylic acids is 4. The topological polar surface area (TPSA) is 237 Å². The van der Waals surface area contributed by atoms with Crippen LogP contribution in [0.4, 0.5) is 0 Å². The molecule has 0 aromatic heterocycles. The number of hydrogen-bond donors (Lipinski definition) is 3. The monoisotopic (exact) mass is 1290 g/mol. The second-order valence-corrected chi connectivity index (χ2v) is 28.1. The summed E-state index contributed by atoms with van der Waals surface area (Å²) in [5.74, 6) is -0.654. The summed E-state index contributed by atoms with van der Waals surface area (Å²) in [7, 11) is -9.91. The maximum atomic E-state index is 13.0. The Kier molecular flexibility index (Phi) is 59.1. The minimum atomic E-state index is -4.96. The van der Waals surface area contributed by atoms with Crippen LogP contribution in [0.5, 0.6) is 0 Å². The van der Waals surface area contributed by atoms with Crippen LogP contribution in [0.1, 0.15) is 324 Å². The molecule has 19 heteroatoms. The highest BCUT2D eigenvalue weighted by atomic mass is 31.2. The van der Waals surface area contributed by atoms with E-state index >= 15 is 0 Å². The van der Waals surface area contributed by atoms with E-state index in [9.17, 15) is 43.2 Å². The smallest absolute Gasteiger partial charge is 0.462 e. The molecule has 0 fully saturated rings. The summed E-state index contributed by atoms with van der Waals surface area (Å²) in [5, 5.41) is 10.6. The van der Waals surface area contributed by atoms with Crippen molar-refractivity contribution in [1.82, 2.24) is 0 Å². The van der Waals surface area contributed by atoms with E-state index in [0.29, 0.717) is 25.7 Å². The van der Waals surface area contributed by atoms with Gasteiger partial charge in [0.15, 0.2) is 12.2 Å². The van der Waals surface area contributed by atoms with Gasteiger partial charge in [0, 0.05) is 25.7 Å². The first kappa shape index (κ1) is 85.5. The Bertz CT molecular complexity index is 1810. The molecule has 0 heterocycles. The third kappa shape index (κ3) is 62.4. The lowest BCUT2D eigenvalue weighted by atomic mass is 10.0. The van der Waals surface area contributed by atoms with Gasteiger partial charge in [-0.2, -0.15) is 0 Å². The number of carbonyl (C=O) groups is 4. The van der Waals surface area contributed by atoms with Crippen molar-refractivity contribution in [2.75, 3.05) is 39.6 Å². The Morgan fingerprint density at radius 2 is 0.614 bits per heavy atom. The van der Waals surface area contributed by atoms with E-state index in [0.717, 1.165) is 127 Å². The number of aliphatic hydroxyl groups excluding tert-OH is 1. The minimum absolute atomic E-state index is 0.0846. The zero-order valence-electron chi connectivity index (χ0n) is 56.5. The van der Waals surface area contributed by atoms with Crippen molar-refractivity contribution >= 4 is 39.5 Å². The largest absolute Gasteiger partial charge is 0.472 e. The standard InChI is InChI=1S/C69H130O17P2/c1-7-9-11-13-15-16-17-18-19-20-21-29-35-41-47-53-68(73)86-65(58-80-67(72)52-46-40-34-28-24-22-26-32-37-43-49-61(3)4)60-84-88(77,78)82-56-63(70)55-81-87(75,76)83-59-64(57-79-66(71)51-45-39-31-14-12-10-8-2)85-69(74)54-48-42-36-30-25-23-27-33-38-44-50-62(5)6/h16-19,61-65,70H,7-15,20-60H2,1-6H3,(H,75,76)(H,77,78)/b17-16-,19-18-/t63-,64+,65+/m0/s1. The molecule has 0 aliphatic carbocycles. The summed E-state index contributed by atoms with van der Waals surface area (Å²) in [5.41, 5.74) is 0. The molecule has 0 aromatic carbocycles. The quantitative estimate of drug-likeness (QED) is 0.0169. The maximum Gasteiger partial charge on any atom is 0.472 e. The number of allylic oxidation sites excluding steroid dienone is 4. The van der Waals surface area contributed by atoms with Crippen LogP contribution >= 0.6 is 15.6 Å². The third-order valence-electron chi connectivity index (χ3n) is 15.3. The van der Waals surface area contributed by atoms with Crippen molar-refractivity contribution in [2.45, 2.75) is 342 Å². The fraction of sp³-hybridized carbons (Fsp3) is 0.884. The van der Waals surface area contributed by atoms with E-state index < -0.39 is 97.5 Å². The van der Waals surface area contributed by atoms with Crippen LogP contribution in [0.2, 0.25) is 0 Å². The molecular weight excluding hydrogens is 1160 g/mol. The molecule has 5 atom stereocenters. The van der Waals surface area contributed by atoms with Crippen molar-refractivity contribution in [1.29, 1.82) is 0 Å². The molecule has 17 nitrogen and oxygen atoms in total. The van der Waals surface area contributed by atoms with E-state index in [1.807, 2.05) is 0 Å². The number of esters is 4. The third-order valence-corrected chi connectivity index (χ3v) is 17.2. The molecule has 2 unspecified atom stereocenters.